The van der Waals surface area contributed by atoms with E-state index in [9.17, 15) is 14.0 Å². The molecule has 0 spiro atoms. The van der Waals surface area contributed by atoms with Crippen LogP contribution in [0.1, 0.15) is 25.9 Å². The van der Waals surface area contributed by atoms with E-state index in [1.165, 1.54) is 23.5 Å². The molecule has 0 bridgehead atoms. The maximum absolute atomic E-state index is 13.0. The number of hydrogen-bond acceptors (Lipinski definition) is 4. The highest BCUT2D eigenvalue weighted by atomic mass is 79.9. The highest BCUT2D eigenvalue weighted by Crippen LogP contribution is 2.21. The molecule has 2 aromatic carbocycles. The first kappa shape index (κ1) is 20.2. The Balaban J connectivity index is 1.56. The van der Waals surface area contributed by atoms with Crippen molar-refractivity contribution < 1.29 is 14.0 Å². The van der Waals surface area contributed by atoms with Gasteiger partial charge >= 0.3 is 0 Å². The average molecular weight is 462 g/mol. The maximum Gasteiger partial charge on any atom is 0.263 e. The first-order valence-corrected chi connectivity index (χ1v) is 10.1. The second kappa shape index (κ2) is 9.07. The largest absolute Gasteiger partial charge is 0.342 e. The van der Waals surface area contributed by atoms with E-state index in [1.54, 1.807) is 31.2 Å². The van der Waals surface area contributed by atoms with Crippen molar-refractivity contribution in [1.82, 2.24) is 10.3 Å². The summed E-state index contributed by atoms with van der Waals surface area (Å²) in [6, 6.07) is 13.3. The Morgan fingerprint density at radius 2 is 1.79 bits per heavy atom. The summed E-state index contributed by atoms with van der Waals surface area (Å²) in [5, 5.41) is 6.09. The van der Waals surface area contributed by atoms with Crippen LogP contribution in [-0.4, -0.2) is 23.3 Å². The van der Waals surface area contributed by atoms with Gasteiger partial charge in [-0.15, -0.1) is 11.3 Å². The number of halogens is 2. The lowest BCUT2D eigenvalue weighted by Crippen LogP contribution is -2.32. The van der Waals surface area contributed by atoms with E-state index in [1.807, 2.05) is 12.1 Å². The molecule has 0 aliphatic heterocycles. The van der Waals surface area contributed by atoms with Crippen molar-refractivity contribution in [3.05, 3.63) is 80.0 Å². The van der Waals surface area contributed by atoms with Crippen LogP contribution in [0.2, 0.25) is 0 Å². The Morgan fingerprint density at radius 3 is 2.46 bits per heavy atom. The van der Waals surface area contributed by atoms with Crippen molar-refractivity contribution in [3.8, 4) is 0 Å². The van der Waals surface area contributed by atoms with E-state index in [-0.39, 0.29) is 24.2 Å². The lowest BCUT2D eigenvalue weighted by molar-refractivity contribution is -0.115. The van der Waals surface area contributed by atoms with E-state index in [0.29, 0.717) is 22.7 Å². The molecule has 2 amide bonds. The molecule has 0 saturated heterocycles. The van der Waals surface area contributed by atoms with Crippen LogP contribution < -0.4 is 10.6 Å². The molecular weight excluding hydrogens is 445 g/mol. The molecule has 2 N–H and O–H groups in total. The van der Waals surface area contributed by atoms with E-state index in [0.717, 1.165) is 15.0 Å². The Labute approximate surface area is 174 Å². The predicted octanol–water partition coefficient (Wildman–Crippen LogP) is 4.31. The van der Waals surface area contributed by atoms with Crippen LogP contribution in [-0.2, 0) is 11.2 Å². The molecule has 3 aromatic rings. The van der Waals surface area contributed by atoms with Crippen LogP contribution >= 0.6 is 27.3 Å². The minimum atomic E-state index is -0.341. The smallest absolute Gasteiger partial charge is 0.263 e. The summed E-state index contributed by atoms with van der Waals surface area (Å²) in [6.07, 6.45) is 0.517. The summed E-state index contributed by atoms with van der Waals surface area (Å²) < 4.78 is 13.9. The van der Waals surface area contributed by atoms with Gasteiger partial charge in [0, 0.05) is 16.6 Å². The summed E-state index contributed by atoms with van der Waals surface area (Å²) in [5.74, 6) is -0.948. The summed E-state index contributed by atoms with van der Waals surface area (Å²) in [7, 11) is 0. The summed E-state index contributed by atoms with van der Waals surface area (Å²) in [6.45, 7) is 1.61. The quantitative estimate of drug-likeness (QED) is 0.574. The number of aromatic nitrogens is 1. The van der Waals surface area contributed by atoms with Gasteiger partial charge in [-0.1, -0.05) is 28.1 Å². The van der Waals surface area contributed by atoms with Gasteiger partial charge in [-0.3, -0.25) is 9.59 Å². The number of benzene rings is 2. The zero-order chi connectivity index (χ0) is 20.1. The number of nitrogens with zero attached hydrogens (tertiary/aromatic N) is 1. The Hall–Kier alpha value is -2.58. The number of thiazole rings is 1. The van der Waals surface area contributed by atoms with E-state index in [4.69, 9.17) is 0 Å². The molecule has 28 heavy (non-hydrogen) atoms. The fourth-order valence-electron chi connectivity index (χ4n) is 2.49. The molecule has 1 heterocycles. The molecule has 0 aliphatic rings. The number of amides is 2. The number of carbonyl (C=O) groups excluding carboxylic acids is 2. The predicted molar refractivity (Wildman–Crippen MR) is 111 cm³/mol. The first-order valence-electron chi connectivity index (χ1n) is 8.45. The van der Waals surface area contributed by atoms with Crippen molar-refractivity contribution in [2.75, 3.05) is 11.9 Å². The highest BCUT2D eigenvalue weighted by molar-refractivity contribution is 9.10. The summed E-state index contributed by atoms with van der Waals surface area (Å²) in [4.78, 5) is 29.3. The second-order valence-corrected chi connectivity index (χ2v) is 8.06. The van der Waals surface area contributed by atoms with Gasteiger partial charge in [-0.2, -0.15) is 0 Å². The molecule has 5 nitrogen and oxygen atoms in total. The minimum absolute atomic E-state index is 0.139. The number of carbonyl (C=O) groups is 2. The van der Waals surface area contributed by atoms with E-state index < -0.39 is 0 Å². The number of rotatable bonds is 6. The number of nitrogens with one attached hydrogen (secondary N) is 2. The van der Waals surface area contributed by atoms with Gasteiger partial charge in [-0.25, -0.2) is 9.37 Å². The van der Waals surface area contributed by atoms with Crippen LogP contribution in [0, 0.1) is 12.7 Å². The maximum atomic E-state index is 13.0. The van der Waals surface area contributed by atoms with Gasteiger partial charge in [0.15, 0.2) is 0 Å². The molecule has 0 unspecified atom stereocenters. The first-order chi connectivity index (χ1) is 13.4. The number of aryl methyl sites for hydroxylation is 1. The van der Waals surface area contributed by atoms with Crippen LogP contribution in [0.15, 0.2) is 53.0 Å². The molecule has 8 heteroatoms. The third kappa shape index (κ3) is 5.46. The van der Waals surface area contributed by atoms with Crippen molar-refractivity contribution in [3.63, 3.8) is 0 Å². The lowest BCUT2D eigenvalue weighted by atomic mass is 10.1. The Kier molecular flexibility index (Phi) is 6.53. The molecule has 0 radical (unpaired) electrons. The van der Waals surface area contributed by atoms with E-state index >= 15 is 0 Å². The fourth-order valence-corrected chi connectivity index (χ4v) is 3.77. The highest BCUT2D eigenvalue weighted by Gasteiger charge is 2.16. The zero-order valence-electron chi connectivity index (χ0n) is 15.0. The third-order valence-corrected chi connectivity index (χ3v) is 5.54. The third-order valence-electron chi connectivity index (χ3n) is 3.85. The minimum Gasteiger partial charge on any atom is -0.342 e. The van der Waals surface area contributed by atoms with Gasteiger partial charge < -0.3 is 10.6 Å². The van der Waals surface area contributed by atoms with Crippen LogP contribution in [0.4, 0.5) is 10.1 Å². The SMILES string of the molecule is Cc1nc(Cc2ccc(F)cc2)sc1C(=O)NCC(=O)Nc1ccc(Br)cc1. The molecule has 3 rings (SSSR count). The van der Waals surface area contributed by atoms with E-state index in [2.05, 4.69) is 31.5 Å². The summed E-state index contributed by atoms with van der Waals surface area (Å²) in [5.41, 5.74) is 2.17. The van der Waals surface area contributed by atoms with Crippen molar-refractivity contribution >= 4 is 44.8 Å². The van der Waals surface area contributed by atoms with Crippen molar-refractivity contribution in [2.45, 2.75) is 13.3 Å². The van der Waals surface area contributed by atoms with Crippen LogP contribution in [0.25, 0.3) is 0 Å². The molecular formula is C20H17BrFN3O2S. The van der Waals surface area contributed by atoms with Gasteiger partial charge in [0.05, 0.1) is 17.2 Å². The standard InChI is InChI=1S/C20H17BrFN3O2S/c1-12-19(28-18(24-12)10-13-2-6-15(22)7-3-13)20(27)23-11-17(26)25-16-8-4-14(21)5-9-16/h2-9H,10-11H2,1H3,(H,23,27)(H,25,26). The molecule has 144 valence electrons. The second-order valence-electron chi connectivity index (χ2n) is 6.06. The van der Waals surface area contributed by atoms with Crippen LogP contribution in [0.5, 0.6) is 0 Å². The van der Waals surface area contributed by atoms with Gasteiger partial charge in [0.2, 0.25) is 5.91 Å². The number of hydrogen-bond donors (Lipinski definition) is 2. The molecule has 0 aliphatic carbocycles. The van der Waals surface area contributed by atoms with Gasteiger partial charge in [0.25, 0.3) is 5.91 Å². The molecule has 0 saturated carbocycles. The number of anilines is 1. The molecule has 1 aromatic heterocycles. The summed E-state index contributed by atoms with van der Waals surface area (Å²) >= 11 is 4.60. The monoisotopic (exact) mass is 461 g/mol. The lowest BCUT2D eigenvalue weighted by Gasteiger charge is -2.06. The van der Waals surface area contributed by atoms with Crippen molar-refractivity contribution in [2.24, 2.45) is 0 Å². The normalized spacial score (nSPS) is 10.5. The average Bonchev–Trinajstić information content (AvgIpc) is 3.04. The topological polar surface area (TPSA) is 71.1 Å². The fraction of sp³-hybridized carbons (Fsp3) is 0.150. The van der Waals surface area contributed by atoms with Crippen molar-refractivity contribution in [1.29, 1.82) is 0 Å². The Morgan fingerprint density at radius 1 is 1.11 bits per heavy atom. The van der Waals surface area contributed by atoms with Gasteiger partial charge in [0.1, 0.15) is 10.7 Å². The molecule has 0 atom stereocenters. The molecule has 0 fully saturated rings. The Bertz CT molecular complexity index is 988. The zero-order valence-corrected chi connectivity index (χ0v) is 17.4. The van der Waals surface area contributed by atoms with Crippen LogP contribution in [0.3, 0.4) is 0 Å². The van der Waals surface area contributed by atoms with Gasteiger partial charge in [-0.05, 0) is 48.9 Å².